The number of carbonyl (C=O) groups is 2. The molecule has 1 saturated carbocycles. The number of halogens is 2. The summed E-state index contributed by atoms with van der Waals surface area (Å²) < 4.78 is 27.0. The minimum atomic E-state index is -1.20. The van der Waals surface area contributed by atoms with Crippen molar-refractivity contribution >= 4 is 17.5 Å². The minimum absolute atomic E-state index is 0.0991. The van der Waals surface area contributed by atoms with E-state index in [4.69, 9.17) is 0 Å². The van der Waals surface area contributed by atoms with Crippen molar-refractivity contribution in [3.05, 3.63) is 29.8 Å². The zero-order valence-corrected chi connectivity index (χ0v) is 11.3. The lowest BCUT2D eigenvalue weighted by Gasteiger charge is -2.17. The van der Waals surface area contributed by atoms with Crippen molar-refractivity contribution in [2.45, 2.75) is 32.7 Å². The summed E-state index contributed by atoms with van der Waals surface area (Å²) in [6, 6.07) is 3.20. The van der Waals surface area contributed by atoms with Crippen LogP contribution in [-0.4, -0.2) is 17.9 Å². The second-order valence-corrected chi connectivity index (χ2v) is 5.26. The molecule has 2 N–H and O–H groups in total. The molecule has 2 amide bonds. The lowest BCUT2D eigenvalue weighted by Crippen LogP contribution is -2.42. The molecule has 0 aliphatic heterocycles. The van der Waals surface area contributed by atoms with Crippen LogP contribution in [0.1, 0.15) is 26.7 Å². The number of nitrogens with one attached hydrogen (secondary N) is 2. The summed E-state index contributed by atoms with van der Waals surface area (Å²) in [6.07, 6.45) is 0.765. The quantitative estimate of drug-likeness (QED) is 0.832. The van der Waals surface area contributed by atoms with E-state index in [1.54, 1.807) is 13.8 Å². The van der Waals surface area contributed by atoms with Crippen LogP contribution in [0.2, 0.25) is 0 Å². The van der Waals surface area contributed by atoms with Crippen LogP contribution in [0.4, 0.5) is 14.5 Å². The first-order valence-corrected chi connectivity index (χ1v) is 6.43. The summed E-state index contributed by atoms with van der Waals surface area (Å²) in [5.74, 6) is -2.79. The highest BCUT2D eigenvalue weighted by molar-refractivity contribution is 6.13. The second kappa shape index (κ2) is 5.19. The summed E-state index contributed by atoms with van der Waals surface area (Å²) >= 11 is 0. The van der Waals surface area contributed by atoms with Gasteiger partial charge in [-0.1, -0.05) is 6.07 Å². The average molecular weight is 282 g/mol. The van der Waals surface area contributed by atoms with Crippen molar-refractivity contribution < 1.29 is 18.4 Å². The first-order valence-electron chi connectivity index (χ1n) is 6.43. The third kappa shape index (κ3) is 2.64. The molecule has 0 heterocycles. The van der Waals surface area contributed by atoms with Crippen LogP contribution in [0.25, 0.3) is 0 Å². The Morgan fingerprint density at radius 3 is 2.15 bits per heavy atom. The number of carbonyl (C=O) groups excluding carboxylic acids is 2. The van der Waals surface area contributed by atoms with Crippen LogP contribution in [0.15, 0.2) is 18.2 Å². The number of rotatable bonds is 4. The number of para-hydroxylation sites is 1. The molecule has 0 atom stereocenters. The highest BCUT2D eigenvalue weighted by Crippen LogP contribution is 2.47. The summed E-state index contributed by atoms with van der Waals surface area (Å²) in [5.41, 5.74) is -1.71. The van der Waals surface area contributed by atoms with Gasteiger partial charge in [-0.05, 0) is 38.8 Å². The highest BCUT2D eigenvalue weighted by atomic mass is 19.1. The van der Waals surface area contributed by atoms with Gasteiger partial charge in [-0.15, -0.1) is 0 Å². The molecular formula is C14H16F2N2O2. The molecule has 0 saturated heterocycles. The monoisotopic (exact) mass is 282 g/mol. The molecule has 1 aliphatic rings. The molecule has 4 nitrogen and oxygen atoms in total. The van der Waals surface area contributed by atoms with E-state index in [0.717, 1.165) is 12.1 Å². The van der Waals surface area contributed by atoms with Crippen molar-refractivity contribution in [3.8, 4) is 0 Å². The van der Waals surface area contributed by atoms with Crippen LogP contribution in [0.3, 0.4) is 0 Å². The fourth-order valence-corrected chi connectivity index (χ4v) is 1.93. The number of hydrogen-bond acceptors (Lipinski definition) is 2. The molecule has 0 unspecified atom stereocenters. The molecule has 2 rings (SSSR count). The van der Waals surface area contributed by atoms with E-state index >= 15 is 0 Å². The Balaban J connectivity index is 2.15. The van der Waals surface area contributed by atoms with Crippen molar-refractivity contribution in [1.29, 1.82) is 0 Å². The Labute approximate surface area is 115 Å². The number of hydrogen-bond donors (Lipinski definition) is 2. The van der Waals surface area contributed by atoms with Gasteiger partial charge in [0, 0.05) is 6.04 Å². The Kier molecular flexibility index (Phi) is 3.74. The minimum Gasteiger partial charge on any atom is -0.353 e. The van der Waals surface area contributed by atoms with E-state index in [2.05, 4.69) is 10.6 Å². The Hall–Kier alpha value is -1.98. The first-order chi connectivity index (χ1) is 9.36. The van der Waals surface area contributed by atoms with Gasteiger partial charge < -0.3 is 10.6 Å². The first kappa shape index (κ1) is 14.4. The zero-order valence-electron chi connectivity index (χ0n) is 11.3. The van der Waals surface area contributed by atoms with E-state index in [9.17, 15) is 18.4 Å². The lowest BCUT2D eigenvalue weighted by atomic mass is 10.0. The van der Waals surface area contributed by atoms with Gasteiger partial charge in [0.1, 0.15) is 22.7 Å². The molecule has 6 heteroatoms. The van der Waals surface area contributed by atoms with Gasteiger partial charge in [-0.3, -0.25) is 9.59 Å². The fourth-order valence-electron chi connectivity index (χ4n) is 1.93. The third-order valence-electron chi connectivity index (χ3n) is 3.24. The summed E-state index contributed by atoms with van der Waals surface area (Å²) in [4.78, 5) is 24.1. The fraction of sp³-hybridized carbons (Fsp3) is 0.429. The molecule has 0 radical (unpaired) electrons. The van der Waals surface area contributed by atoms with Crippen LogP contribution in [0.5, 0.6) is 0 Å². The smallest absolute Gasteiger partial charge is 0.240 e. The standard InChI is InChI=1S/C14H16F2N2O2/c1-8(2)17-12(19)14(6-7-14)13(20)18-11-9(15)4-3-5-10(11)16/h3-5,8H,6-7H2,1-2H3,(H,17,19)(H,18,20). The van der Waals surface area contributed by atoms with Crippen LogP contribution in [0, 0.1) is 17.0 Å². The van der Waals surface area contributed by atoms with E-state index in [1.807, 2.05) is 0 Å². The Bertz CT molecular complexity index is 534. The lowest BCUT2D eigenvalue weighted by molar-refractivity contribution is -0.134. The van der Waals surface area contributed by atoms with Crippen LogP contribution >= 0.6 is 0 Å². The SMILES string of the molecule is CC(C)NC(=O)C1(C(=O)Nc2c(F)cccc2F)CC1. The van der Waals surface area contributed by atoms with Crippen molar-refractivity contribution in [3.63, 3.8) is 0 Å². The van der Waals surface area contributed by atoms with Gasteiger partial charge in [0.2, 0.25) is 11.8 Å². The summed E-state index contributed by atoms with van der Waals surface area (Å²) in [7, 11) is 0. The molecule has 0 bridgehead atoms. The molecule has 1 fully saturated rings. The summed E-state index contributed by atoms with van der Waals surface area (Å²) in [6.45, 7) is 3.56. The van der Waals surface area contributed by atoms with Gasteiger partial charge in [0.25, 0.3) is 0 Å². The number of benzene rings is 1. The van der Waals surface area contributed by atoms with E-state index < -0.39 is 34.6 Å². The van der Waals surface area contributed by atoms with Gasteiger partial charge in [0.15, 0.2) is 0 Å². The maximum absolute atomic E-state index is 13.5. The number of amides is 2. The normalized spacial score (nSPS) is 15.8. The van der Waals surface area contributed by atoms with Crippen molar-refractivity contribution in [2.75, 3.05) is 5.32 Å². The van der Waals surface area contributed by atoms with E-state index in [1.165, 1.54) is 6.07 Å². The Morgan fingerprint density at radius 2 is 1.70 bits per heavy atom. The molecule has 0 spiro atoms. The molecule has 1 aromatic carbocycles. The van der Waals surface area contributed by atoms with E-state index in [-0.39, 0.29) is 6.04 Å². The second-order valence-electron chi connectivity index (χ2n) is 5.26. The average Bonchev–Trinajstić information content (AvgIpc) is 3.14. The van der Waals surface area contributed by atoms with Gasteiger partial charge >= 0.3 is 0 Å². The molecule has 1 aliphatic carbocycles. The van der Waals surface area contributed by atoms with Crippen LogP contribution in [-0.2, 0) is 9.59 Å². The molecule has 1 aromatic rings. The van der Waals surface area contributed by atoms with Crippen molar-refractivity contribution in [1.82, 2.24) is 5.32 Å². The molecule has 20 heavy (non-hydrogen) atoms. The maximum Gasteiger partial charge on any atom is 0.240 e. The topological polar surface area (TPSA) is 58.2 Å². The Morgan fingerprint density at radius 1 is 1.15 bits per heavy atom. The van der Waals surface area contributed by atoms with Gasteiger partial charge in [0.05, 0.1) is 0 Å². The predicted molar refractivity (Wildman–Crippen MR) is 69.9 cm³/mol. The highest BCUT2D eigenvalue weighted by Gasteiger charge is 2.56. The number of anilines is 1. The molecular weight excluding hydrogens is 266 g/mol. The van der Waals surface area contributed by atoms with E-state index in [0.29, 0.717) is 12.8 Å². The largest absolute Gasteiger partial charge is 0.353 e. The van der Waals surface area contributed by atoms with Gasteiger partial charge in [-0.25, -0.2) is 8.78 Å². The predicted octanol–water partition coefficient (Wildman–Crippen LogP) is 2.21. The summed E-state index contributed by atoms with van der Waals surface area (Å²) in [5, 5.41) is 4.84. The van der Waals surface area contributed by atoms with Crippen LogP contribution < -0.4 is 10.6 Å². The zero-order chi connectivity index (χ0) is 14.9. The van der Waals surface area contributed by atoms with Crippen molar-refractivity contribution in [2.24, 2.45) is 5.41 Å². The maximum atomic E-state index is 13.5. The third-order valence-corrected chi connectivity index (χ3v) is 3.24. The molecule has 0 aromatic heterocycles. The molecule has 108 valence electrons. The van der Waals surface area contributed by atoms with Gasteiger partial charge in [-0.2, -0.15) is 0 Å².